The Balaban J connectivity index is 2.41. The highest BCUT2D eigenvalue weighted by atomic mass is 35.5. The van der Waals surface area contributed by atoms with Gasteiger partial charge in [-0.3, -0.25) is 4.79 Å². The molecule has 4 heteroatoms. The van der Waals surface area contributed by atoms with Gasteiger partial charge < -0.3 is 10.2 Å². The molecule has 0 aliphatic heterocycles. The lowest BCUT2D eigenvalue weighted by atomic mass is 9.80. The molecule has 0 atom stereocenters. The van der Waals surface area contributed by atoms with Crippen LogP contribution in [-0.4, -0.2) is 42.9 Å². The van der Waals surface area contributed by atoms with Crippen LogP contribution >= 0.6 is 11.6 Å². The van der Waals surface area contributed by atoms with Crippen LogP contribution in [0.1, 0.15) is 44.9 Å². The standard InChI is InChI=1S/C13H25ClN2O/c1-16(2)13(8-4-3-5-9-13)11-15-12(17)7-6-10-14/h3-11H2,1-2H3,(H,15,17). The molecule has 3 nitrogen and oxygen atoms in total. The first-order chi connectivity index (χ1) is 8.10. The second-order valence-corrected chi connectivity index (χ2v) is 5.63. The number of alkyl halides is 1. The van der Waals surface area contributed by atoms with Crippen LogP contribution in [0, 0.1) is 0 Å². The predicted molar refractivity (Wildman–Crippen MR) is 72.5 cm³/mol. The predicted octanol–water partition coefficient (Wildman–Crippen LogP) is 2.39. The van der Waals surface area contributed by atoms with Gasteiger partial charge in [-0.15, -0.1) is 11.6 Å². The van der Waals surface area contributed by atoms with Gasteiger partial charge in [-0.2, -0.15) is 0 Å². The zero-order chi connectivity index (χ0) is 12.7. The van der Waals surface area contributed by atoms with Crippen molar-refractivity contribution in [1.29, 1.82) is 0 Å². The molecule has 0 saturated heterocycles. The minimum atomic E-state index is 0.137. The van der Waals surface area contributed by atoms with Crippen LogP contribution in [0.25, 0.3) is 0 Å². The molecule has 0 unspecified atom stereocenters. The van der Waals surface area contributed by atoms with Gasteiger partial charge in [-0.25, -0.2) is 0 Å². The van der Waals surface area contributed by atoms with Crippen LogP contribution in [-0.2, 0) is 4.79 Å². The zero-order valence-electron chi connectivity index (χ0n) is 11.1. The molecule has 1 aliphatic rings. The van der Waals surface area contributed by atoms with Crippen molar-refractivity contribution in [3.05, 3.63) is 0 Å². The Kier molecular flexibility index (Phi) is 6.28. The monoisotopic (exact) mass is 260 g/mol. The fourth-order valence-electron chi connectivity index (χ4n) is 2.57. The molecule has 0 radical (unpaired) electrons. The van der Waals surface area contributed by atoms with E-state index in [-0.39, 0.29) is 11.4 Å². The molecule has 17 heavy (non-hydrogen) atoms. The molecule has 1 N–H and O–H groups in total. The van der Waals surface area contributed by atoms with Crippen molar-refractivity contribution in [3.8, 4) is 0 Å². The van der Waals surface area contributed by atoms with Crippen molar-refractivity contribution in [2.75, 3.05) is 26.5 Å². The maximum Gasteiger partial charge on any atom is 0.220 e. The lowest BCUT2D eigenvalue weighted by Crippen LogP contribution is -2.53. The highest BCUT2D eigenvalue weighted by Gasteiger charge is 2.34. The van der Waals surface area contributed by atoms with Crippen LogP contribution in [0.3, 0.4) is 0 Å². The summed E-state index contributed by atoms with van der Waals surface area (Å²) >= 11 is 5.58. The molecule has 0 heterocycles. The first-order valence-corrected chi connectivity index (χ1v) is 7.14. The summed E-state index contributed by atoms with van der Waals surface area (Å²) in [6, 6.07) is 0. The maximum atomic E-state index is 11.6. The van der Waals surface area contributed by atoms with Crippen LogP contribution in [0.2, 0.25) is 0 Å². The van der Waals surface area contributed by atoms with Crippen LogP contribution < -0.4 is 5.32 Å². The summed E-state index contributed by atoms with van der Waals surface area (Å²) in [5.41, 5.74) is 0.175. The number of hydrogen-bond donors (Lipinski definition) is 1. The van der Waals surface area contributed by atoms with Gasteiger partial charge in [0.15, 0.2) is 0 Å². The second kappa shape index (κ2) is 7.22. The summed E-state index contributed by atoms with van der Waals surface area (Å²) in [5, 5.41) is 3.07. The molecule has 1 rings (SSSR count). The summed E-state index contributed by atoms with van der Waals surface area (Å²) < 4.78 is 0. The lowest BCUT2D eigenvalue weighted by Gasteiger charge is -2.43. The molecule has 1 saturated carbocycles. The highest BCUT2D eigenvalue weighted by Crippen LogP contribution is 2.31. The van der Waals surface area contributed by atoms with E-state index in [1.165, 1.54) is 32.1 Å². The third-order valence-corrected chi connectivity index (χ3v) is 4.15. The second-order valence-electron chi connectivity index (χ2n) is 5.25. The van der Waals surface area contributed by atoms with E-state index in [0.717, 1.165) is 13.0 Å². The smallest absolute Gasteiger partial charge is 0.220 e. The number of rotatable bonds is 6. The Morgan fingerprint density at radius 1 is 1.29 bits per heavy atom. The largest absolute Gasteiger partial charge is 0.354 e. The number of nitrogens with zero attached hydrogens (tertiary/aromatic N) is 1. The van der Waals surface area contributed by atoms with Gasteiger partial charge in [-0.1, -0.05) is 19.3 Å². The van der Waals surface area contributed by atoms with Gasteiger partial charge in [0.1, 0.15) is 0 Å². The van der Waals surface area contributed by atoms with E-state index in [4.69, 9.17) is 11.6 Å². The van der Waals surface area contributed by atoms with E-state index in [9.17, 15) is 4.79 Å². The number of hydrogen-bond acceptors (Lipinski definition) is 2. The Morgan fingerprint density at radius 3 is 2.47 bits per heavy atom. The summed E-state index contributed by atoms with van der Waals surface area (Å²) in [5.74, 6) is 0.698. The lowest BCUT2D eigenvalue weighted by molar-refractivity contribution is -0.121. The number of likely N-dealkylation sites (N-methyl/N-ethyl adjacent to an activating group) is 1. The van der Waals surface area contributed by atoms with Gasteiger partial charge in [0.2, 0.25) is 5.91 Å². The van der Waals surface area contributed by atoms with E-state index in [0.29, 0.717) is 12.3 Å². The number of amides is 1. The molecule has 0 bridgehead atoms. The number of halogens is 1. The first kappa shape index (κ1) is 14.8. The number of carbonyl (C=O) groups is 1. The molecule has 1 aliphatic carbocycles. The third kappa shape index (κ3) is 4.47. The molecule has 100 valence electrons. The van der Waals surface area contributed by atoms with E-state index < -0.39 is 0 Å². The molecule has 0 aromatic heterocycles. The molecule has 1 fully saturated rings. The minimum Gasteiger partial charge on any atom is -0.354 e. The summed E-state index contributed by atoms with van der Waals surface area (Å²) in [7, 11) is 4.24. The number of carbonyl (C=O) groups excluding carboxylic acids is 1. The number of nitrogens with one attached hydrogen (secondary N) is 1. The van der Waals surface area contributed by atoms with Crippen molar-refractivity contribution in [2.24, 2.45) is 0 Å². The van der Waals surface area contributed by atoms with Gasteiger partial charge in [0.25, 0.3) is 0 Å². The third-order valence-electron chi connectivity index (χ3n) is 3.89. The normalized spacial score (nSPS) is 19.3. The first-order valence-electron chi connectivity index (χ1n) is 6.61. The van der Waals surface area contributed by atoms with Crippen LogP contribution in [0.5, 0.6) is 0 Å². The molecular formula is C13H25ClN2O. The van der Waals surface area contributed by atoms with Crippen molar-refractivity contribution >= 4 is 17.5 Å². The van der Waals surface area contributed by atoms with E-state index in [1.807, 2.05) is 0 Å². The minimum absolute atomic E-state index is 0.137. The van der Waals surface area contributed by atoms with Gasteiger partial charge >= 0.3 is 0 Å². The quantitative estimate of drug-likeness (QED) is 0.744. The average molecular weight is 261 g/mol. The van der Waals surface area contributed by atoms with E-state index in [2.05, 4.69) is 24.3 Å². The Labute approximate surface area is 110 Å². The summed E-state index contributed by atoms with van der Waals surface area (Å²) in [6.45, 7) is 0.779. The van der Waals surface area contributed by atoms with Gasteiger partial charge in [-0.05, 0) is 33.4 Å². The van der Waals surface area contributed by atoms with Gasteiger partial charge in [0.05, 0.1) is 0 Å². The SMILES string of the molecule is CN(C)C1(CNC(=O)CCCCl)CCCCC1. The van der Waals surface area contributed by atoms with Crippen molar-refractivity contribution in [3.63, 3.8) is 0 Å². The fraction of sp³-hybridized carbons (Fsp3) is 0.923. The van der Waals surface area contributed by atoms with Crippen molar-refractivity contribution < 1.29 is 4.79 Å². The Morgan fingerprint density at radius 2 is 1.94 bits per heavy atom. The van der Waals surface area contributed by atoms with Crippen molar-refractivity contribution in [1.82, 2.24) is 10.2 Å². The van der Waals surface area contributed by atoms with E-state index >= 15 is 0 Å². The topological polar surface area (TPSA) is 32.3 Å². The Hall–Kier alpha value is -0.280. The highest BCUT2D eigenvalue weighted by molar-refractivity contribution is 6.17. The molecule has 0 aromatic carbocycles. The van der Waals surface area contributed by atoms with Crippen LogP contribution in [0.15, 0.2) is 0 Å². The molecular weight excluding hydrogens is 236 g/mol. The average Bonchev–Trinajstić information content (AvgIpc) is 2.34. The maximum absolute atomic E-state index is 11.6. The zero-order valence-corrected chi connectivity index (χ0v) is 11.9. The summed E-state index contributed by atoms with van der Waals surface area (Å²) in [6.07, 6.45) is 7.57. The Bertz CT molecular complexity index is 238. The molecule has 1 amide bonds. The summed E-state index contributed by atoms with van der Waals surface area (Å²) in [4.78, 5) is 13.9. The van der Waals surface area contributed by atoms with Gasteiger partial charge in [0, 0.05) is 24.4 Å². The molecule has 0 aromatic rings. The van der Waals surface area contributed by atoms with Crippen LogP contribution in [0.4, 0.5) is 0 Å². The van der Waals surface area contributed by atoms with E-state index in [1.54, 1.807) is 0 Å². The van der Waals surface area contributed by atoms with Crippen molar-refractivity contribution in [2.45, 2.75) is 50.5 Å². The molecule has 0 spiro atoms. The fourth-order valence-corrected chi connectivity index (χ4v) is 2.70.